The lowest BCUT2D eigenvalue weighted by atomic mass is 9.83. The Hall–Kier alpha value is -3.29. The fraction of sp³-hybridized carbons (Fsp3) is 0.308. The highest BCUT2D eigenvalue weighted by atomic mass is 35.5. The van der Waals surface area contributed by atoms with Crippen LogP contribution in [0.15, 0.2) is 54.9 Å². The predicted octanol–water partition coefficient (Wildman–Crippen LogP) is 4.80. The van der Waals surface area contributed by atoms with Gasteiger partial charge in [-0.2, -0.15) is 0 Å². The first-order chi connectivity index (χ1) is 16.5. The van der Waals surface area contributed by atoms with E-state index in [2.05, 4.69) is 16.0 Å². The van der Waals surface area contributed by atoms with Gasteiger partial charge in [0.05, 0.1) is 23.9 Å². The summed E-state index contributed by atoms with van der Waals surface area (Å²) in [6, 6.07) is 13.7. The number of hydrogen-bond donors (Lipinski definition) is 1. The molecule has 1 saturated heterocycles. The van der Waals surface area contributed by atoms with Crippen LogP contribution in [0.5, 0.6) is 11.5 Å². The van der Waals surface area contributed by atoms with Crippen molar-refractivity contribution >= 4 is 23.2 Å². The van der Waals surface area contributed by atoms with Gasteiger partial charge in [0.15, 0.2) is 0 Å². The van der Waals surface area contributed by atoms with Gasteiger partial charge < -0.3 is 20.1 Å². The Labute approximate surface area is 203 Å². The van der Waals surface area contributed by atoms with Gasteiger partial charge in [-0.15, -0.1) is 0 Å². The Morgan fingerprint density at radius 3 is 2.71 bits per heavy atom. The molecule has 2 aromatic heterocycles. The van der Waals surface area contributed by atoms with Crippen LogP contribution in [0.3, 0.4) is 0 Å². The van der Waals surface area contributed by atoms with Gasteiger partial charge in [-0.3, -0.25) is 4.40 Å². The Morgan fingerprint density at radius 2 is 1.94 bits per heavy atom. The number of anilines is 1. The number of aryl methyl sites for hydroxylation is 1. The van der Waals surface area contributed by atoms with Crippen molar-refractivity contribution in [2.75, 3.05) is 25.1 Å². The summed E-state index contributed by atoms with van der Waals surface area (Å²) in [5, 5.41) is 0.555. The number of nitrogens with two attached hydrogens (primary N) is 1. The zero-order valence-electron chi connectivity index (χ0n) is 19.2. The Kier molecular flexibility index (Phi) is 4.93. The fourth-order valence-electron chi connectivity index (χ4n) is 5.37. The Balaban J connectivity index is 1.34. The van der Waals surface area contributed by atoms with Crippen molar-refractivity contribution in [3.05, 3.63) is 71.1 Å². The molecular weight excluding hydrogens is 450 g/mol. The average Bonchev–Trinajstić information content (AvgIpc) is 3.44. The van der Waals surface area contributed by atoms with Gasteiger partial charge in [-0.25, -0.2) is 9.97 Å². The molecule has 4 heterocycles. The van der Waals surface area contributed by atoms with Crippen molar-refractivity contribution < 1.29 is 9.47 Å². The predicted molar refractivity (Wildman–Crippen MR) is 133 cm³/mol. The molecule has 1 fully saturated rings. The molecule has 2 aliphatic heterocycles. The molecule has 0 aliphatic carbocycles. The van der Waals surface area contributed by atoms with Gasteiger partial charge in [0.1, 0.15) is 22.7 Å². The lowest BCUT2D eigenvalue weighted by molar-refractivity contribution is 0.0429. The molecule has 34 heavy (non-hydrogen) atoms. The van der Waals surface area contributed by atoms with Crippen LogP contribution in [-0.4, -0.2) is 40.2 Å². The minimum atomic E-state index is -0.364. The zero-order valence-corrected chi connectivity index (χ0v) is 19.9. The van der Waals surface area contributed by atoms with Gasteiger partial charge in [-0.05, 0) is 19.1 Å². The second kappa shape index (κ2) is 7.89. The highest BCUT2D eigenvalue weighted by Gasteiger charge is 2.48. The molecule has 8 heteroatoms. The summed E-state index contributed by atoms with van der Waals surface area (Å²) < 4.78 is 13.9. The molecule has 174 valence electrons. The number of aromatic nitrogens is 3. The number of benzene rings is 2. The topological polar surface area (TPSA) is 77.9 Å². The molecular formula is C26H26ClN5O2. The van der Waals surface area contributed by atoms with Crippen molar-refractivity contribution in [3.63, 3.8) is 0 Å². The van der Waals surface area contributed by atoms with E-state index >= 15 is 0 Å². The molecule has 0 bridgehead atoms. The number of piperidine rings is 1. The third-order valence-electron chi connectivity index (χ3n) is 7.19. The van der Waals surface area contributed by atoms with Crippen LogP contribution in [0.2, 0.25) is 5.02 Å². The van der Waals surface area contributed by atoms with Crippen molar-refractivity contribution in [3.8, 4) is 22.6 Å². The normalized spacial score (nSPS) is 18.8. The van der Waals surface area contributed by atoms with Crippen molar-refractivity contribution in [2.45, 2.75) is 31.4 Å². The van der Waals surface area contributed by atoms with E-state index in [-0.39, 0.29) is 11.6 Å². The molecule has 4 aromatic rings. The maximum atomic E-state index is 6.67. The molecule has 0 saturated carbocycles. The number of nitrogens with zero attached hydrogens (tertiary/aromatic N) is 4. The van der Waals surface area contributed by atoms with Crippen LogP contribution in [0.25, 0.3) is 16.8 Å². The summed E-state index contributed by atoms with van der Waals surface area (Å²) in [5.74, 6) is 2.41. The number of methoxy groups -OCH3 is 1. The zero-order chi connectivity index (χ0) is 23.4. The number of rotatable bonds is 3. The minimum absolute atomic E-state index is 0.119. The maximum absolute atomic E-state index is 6.67. The first-order valence-electron chi connectivity index (χ1n) is 11.5. The molecule has 7 nitrogen and oxygen atoms in total. The molecule has 1 spiro atoms. The minimum Gasteiger partial charge on any atom is -0.495 e. The summed E-state index contributed by atoms with van der Waals surface area (Å²) in [6.45, 7) is 3.59. The van der Waals surface area contributed by atoms with Gasteiger partial charge in [-0.1, -0.05) is 41.9 Å². The van der Waals surface area contributed by atoms with Crippen molar-refractivity contribution in [1.29, 1.82) is 0 Å². The van der Waals surface area contributed by atoms with Gasteiger partial charge >= 0.3 is 0 Å². The molecule has 2 aromatic carbocycles. The average molecular weight is 476 g/mol. The van der Waals surface area contributed by atoms with E-state index in [1.54, 1.807) is 13.3 Å². The Morgan fingerprint density at radius 1 is 1.15 bits per heavy atom. The van der Waals surface area contributed by atoms with Crippen molar-refractivity contribution in [2.24, 2.45) is 5.73 Å². The van der Waals surface area contributed by atoms with E-state index in [0.717, 1.165) is 65.7 Å². The molecule has 2 aliphatic rings. The van der Waals surface area contributed by atoms with E-state index in [9.17, 15) is 0 Å². The smallest absolute Gasteiger partial charge is 0.211 e. The molecule has 2 N–H and O–H groups in total. The SMILES string of the molecule is COc1cccc(-c2c(C)nc(N3CCC4(CC3)Oc3ccccc3[C@H]4N)n3ccnc23)c1Cl. The third-order valence-corrected chi connectivity index (χ3v) is 7.58. The van der Waals surface area contributed by atoms with Crippen molar-refractivity contribution in [1.82, 2.24) is 14.4 Å². The van der Waals surface area contributed by atoms with Gasteiger partial charge in [0, 0.05) is 55.0 Å². The van der Waals surface area contributed by atoms with Crippen LogP contribution in [0.1, 0.15) is 30.1 Å². The molecule has 0 amide bonds. The lowest BCUT2D eigenvalue weighted by Crippen LogP contribution is -2.52. The molecule has 0 unspecified atom stereocenters. The molecule has 0 radical (unpaired) electrons. The molecule has 1 atom stereocenters. The first-order valence-corrected chi connectivity index (χ1v) is 11.9. The summed E-state index contributed by atoms with van der Waals surface area (Å²) in [6.07, 6.45) is 5.40. The van der Waals surface area contributed by atoms with E-state index in [1.807, 2.05) is 53.9 Å². The highest BCUT2D eigenvalue weighted by Crippen LogP contribution is 2.47. The second-order valence-corrected chi connectivity index (χ2v) is 9.36. The quantitative estimate of drug-likeness (QED) is 0.458. The second-order valence-electron chi connectivity index (χ2n) is 8.98. The lowest BCUT2D eigenvalue weighted by Gasteiger charge is -2.41. The van der Waals surface area contributed by atoms with E-state index < -0.39 is 0 Å². The molecule has 6 rings (SSSR count). The highest BCUT2D eigenvalue weighted by molar-refractivity contribution is 6.35. The van der Waals surface area contributed by atoms with Crippen LogP contribution >= 0.6 is 11.6 Å². The van der Waals surface area contributed by atoms with Crippen LogP contribution in [0.4, 0.5) is 5.95 Å². The van der Waals surface area contributed by atoms with Crippen LogP contribution in [0, 0.1) is 6.92 Å². The number of para-hydroxylation sites is 1. The summed E-state index contributed by atoms with van der Waals surface area (Å²) >= 11 is 6.67. The number of hydrogen-bond acceptors (Lipinski definition) is 6. The van der Waals surface area contributed by atoms with E-state index in [4.69, 9.17) is 31.8 Å². The summed E-state index contributed by atoms with van der Waals surface area (Å²) in [4.78, 5) is 12.0. The largest absolute Gasteiger partial charge is 0.495 e. The maximum Gasteiger partial charge on any atom is 0.211 e. The standard InChI is InChI=1S/C26H26ClN5O2/c1-16-21(18-7-5-9-20(33-2)22(18)27)24-29-12-15-32(24)25(30-16)31-13-10-26(11-14-31)23(28)17-6-3-4-8-19(17)34-26/h3-9,12,15,23H,10-11,13-14,28H2,1-2H3/t23-/m1/s1. The van der Waals surface area contributed by atoms with E-state index in [0.29, 0.717) is 10.8 Å². The number of imidazole rings is 1. The van der Waals surface area contributed by atoms with E-state index in [1.165, 1.54) is 0 Å². The number of fused-ring (bicyclic) bond motifs is 2. The van der Waals surface area contributed by atoms with Gasteiger partial charge in [0.25, 0.3) is 0 Å². The third kappa shape index (κ3) is 3.07. The number of halogens is 1. The fourth-order valence-corrected chi connectivity index (χ4v) is 5.66. The first kappa shape index (κ1) is 21.3. The summed E-state index contributed by atoms with van der Waals surface area (Å²) in [5.41, 5.74) is 10.8. The Bertz CT molecular complexity index is 1390. The monoisotopic (exact) mass is 475 g/mol. The van der Waals surface area contributed by atoms with Crippen LogP contribution < -0.4 is 20.1 Å². The number of ether oxygens (including phenoxy) is 2. The summed E-state index contributed by atoms with van der Waals surface area (Å²) in [7, 11) is 1.62. The van der Waals surface area contributed by atoms with Gasteiger partial charge in [0.2, 0.25) is 5.95 Å². The van der Waals surface area contributed by atoms with Crippen LogP contribution in [-0.2, 0) is 0 Å².